The lowest BCUT2D eigenvalue weighted by atomic mass is 10.1. The van der Waals surface area contributed by atoms with Gasteiger partial charge in [-0.3, -0.25) is 5.32 Å². The van der Waals surface area contributed by atoms with Crippen molar-refractivity contribution < 1.29 is 9.84 Å². The number of ether oxygens (including phenoxy) is 1. The van der Waals surface area contributed by atoms with Gasteiger partial charge in [-0.05, 0) is 31.5 Å². The van der Waals surface area contributed by atoms with Crippen LogP contribution < -0.4 is 10.1 Å². The standard InChI is InChI=1S/C14H20N2O2/c1-3-16-14(2,10-15)11-18-13-7-5-4-6-12(13)8-9-17/h4-7,16-17H,3,8-9,11H2,1-2H3. The van der Waals surface area contributed by atoms with Crippen molar-refractivity contribution in [2.75, 3.05) is 19.8 Å². The van der Waals surface area contributed by atoms with Gasteiger partial charge in [-0.2, -0.15) is 5.26 Å². The lowest BCUT2D eigenvalue weighted by molar-refractivity contribution is 0.232. The van der Waals surface area contributed by atoms with Crippen LogP contribution >= 0.6 is 0 Å². The Bertz CT molecular complexity index is 415. The second kappa shape index (κ2) is 7.00. The SMILES string of the molecule is CCNC(C)(C#N)COc1ccccc1CCO. The van der Waals surface area contributed by atoms with Crippen molar-refractivity contribution in [3.05, 3.63) is 29.8 Å². The van der Waals surface area contributed by atoms with E-state index in [0.29, 0.717) is 13.0 Å². The second-order valence-corrected chi connectivity index (χ2v) is 4.34. The average molecular weight is 248 g/mol. The maximum Gasteiger partial charge on any atom is 0.138 e. The molecule has 0 bridgehead atoms. The topological polar surface area (TPSA) is 65.3 Å². The van der Waals surface area contributed by atoms with Crippen LogP contribution in [0.5, 0.6) is 5.75 Å². The lowest BCUT2D eigenvalue weighted by Crippen LogP contribution is -2.46. The van der Waals surface area contributed by atoms with Crippen LogP contribution in [0.2, 0.25) is 0 Å². The zero-order valence-electron chi connectivity index (χ0n) is 10.9. The molecule has 1 atom stereocenters. The van der Waals surface area contributed by atoms with Crippen LogP contribution in [-0.2, 0) is 6.42 Å². The number of hydrogen-bond donors (Lipinski definition) is 2. The summed E-state index contributed by atoms with van der Waals surface area (Å²) in [5.74, 6) is 0.728. The fourth-order valence-electron chi connectivity index (χ4n) is 1.71. The van der Waals surface area contributed by atoms with E-state index in [4.69, 9.17) is 15.1 Å². The molecule has 0 radical (unpaired) electrons. The van der Waals surface area contributed by atoms with Crippen molar-refractivity contribution in [3.63, 3.8) is 0 Å². The van der Waals surface area contributed by atoms with Crippen LogP contribution in [0.15, 0.2) is 24.3 Å². The lowest BCUT2D eigenvalue weighted by Gasteiger charge is -2.23. The summed E-state index contributed by atoms with van der Waals surface area (Å²) in [5, 5.41) is 21.2. The van der Waals surface area contributed by atoms with Gasteiger partial charge in [-0.15, -0.1) is 0 Å². The molecule has 0 saturated carbocycles. The molecule has 0 aliphatic rings. The molecule has 0 fully saturated rings. The van der Waals surface area contributed by atoms with E-state index in [9.17, 15) is 0 Å². The number of hydrogen-bond acceptors (Lipinski definition) is 4. The molecule has 18 heavy (non-hydrogen) atoms. The molecular weight excluding hydrogens is 228 g/mol. The summed E-state index contributed by atoms with van der Waals surface area (Å²) in [6.45, 7) is 4.84. The van der Waals surface area contributed by atoms with Crippen LogP contribution in [0.3, 0.4) is 0 Å². The molecule has 2 N–H and O–H groups in total. The minimum atomic E-state index is -0.693. The van der Waals surface area contributed by atoms with E-state index in [-0.39, 0.29) is 13.2 Å². The second-order valence-electron chi connectivity index (χ2n) is 4.34. The highest BCUT2D eigenvalue weighted by molar-refractivity contribution is 5.33. The molecule has 0 saturated heterocycles. The zero-order chi connectivity index (χ0) is 13.4. The summed E-state index contributed by atoms with van der Waals surface area (Å²) in [4.78, 5) is 0. The molecule has 0 amide bonds. The number of aliphatic hydroxyl groups is 1. The van der Waals surface area contributed by atoms with Crippen LogP contribution in [0, 0.1) is 11.3 Å². The van der Waals surface area contributed by atoms with Gasteiger partial charge in [0.15, 0.2) is 0 Å². The Labute approximate surface area is 108 Å². The first kappa shape index (κ1) is 14.5. The van der Waals surface area contributed by atoms with E-state index >= 15 is 0 Å². The molecular formula is C14H20N2O2. The molecule has 1 rings (SSSR count). The Morgan fingerprint density at radius 1 is 1.44 bits per heavy atom. The summed E-state index contributed by atoms with van der Waals surface area (Å²) < 4.78 is 5.70. The van der Waals surface area contributed by atoms with E-state index < -0.39 is 5.54 Å². The van der Waals surface area contributed by atoms with Gasteiger partial charge in [-0.1, -0.05) is 25.1 Å². The summed E-state index contributed by atoms with van der Waals surface area (Å²) >= 11 is 0. The third-order valence-electron chi connectivity index (χ3n) is 2.68. The number of nitrogens with one attached hydrogen (secondary N) is 1. The third-order valence-corrected chi connectivity index (χ3v) is 2.68. The number of aliphatic hydroxyl groups excluding tert-OH is 1. The molecule has 1 aromatic carbocycles. The summed E-state index contributed by atoms with van der Waals surface area (Å²) in [6.07, 6.45) is 0.556. The smallest absolute Gasteiger partial charge is 0.138 e. The van der Waals surface area contributed by atoms with Crippen LogP contribution in [0.4, 0.5) is 0 Å². The van der Waals surface area contributed by atoms with E-state index in [2.05, 4.69) is 11.4 Å². The van der Waals surface area contributed by atoms with Gasteiger partial charge >= 0.3 is 0 Å². The van der Waals surface area contributed by atoms with Gasteiger partial charge in [0.05, 0.1) is 6.07 Å². The fourth-order valence-corrected chi connectivity index (χ4v) is 1.71. The molecule has 1 aromatic rings. The summed E-state index contributed by atoms with van der Waals surface area (Å²) in [5.41, 5.74) is 0.262. The molecule has 0 aliphatic heterocycles. The quantitative estimate of drug-likeness (QED) is 0.767. The number of rotatable bonds is 7. The van der Waals surface area contributed by atoms with Crippen molar-refractivity contribution in [2.24, 2.45) is 0 Å². The molecule has 98 valence electrons. The van der Waals surface area contributed by atoms with Crippen molar-refractivity contribution in [1.82, 2.24) is 5.32 Å². The molecule has 4 heteroatoms. The first-order chi connectivity index (χ1) is 8.65. The Balaban J connectivity index is 2.71. The van der Waals surface area contributed by atoms with E-state index in [1.807, 2.05) is 38.1 Å². The summed E-state index contributed by atoms with van der Waals surface area (Å²) in [6, 6.07) is 9.78. The molecule has 1 unspecified atom stereocenters. The normalized spacial score (nSPS) is 13.7. The molecule has 0 aliphatic carbocycles. The van der Waals surface area contributed by atoms with Gasteiger partial charge in [0.25, 0.3) is 0 Å². The van der Waals surface area contributed by atoms with Gasteiger partial charge in [0, 0.05) is 6.61 Å². The molecule has 0 heterocycles. The van der Waals surface area contributed by atoms with Crippen molar-refractivity contribution in [1.29, 1.82) is 5.26 Å². The Hall–Kier alpha value is -1.57. The van der Waals surface area contributed by atoms with E-state index in [1.165, 1.54) is 0 Å². The minimum absolute atomic E-state index is 0.0864. The highest BCUT2D eigenvalue weighted by atomic mass is 16.5. The Morgan fingerprint density at radius 2 is 2.17 bits per heavy atom. The zero-order valence-corrected chi connectivity index (χ0v) is 10.9. The Kier molecular flexibility index (Phi) is 5.63. The number of nitriles is 1. The fraction of sp³-hybridized carbons (Fsp3) is 0.500. The number of nitrogens with zero attached hydrogens (tertiary/aromatic N) is 1. The van der Waals surface area contributed by atoms with E-state index in [1.54, 1.807) is 0 Å². The first-order valence-corrected chi connectivity index (χ1v) is 6.13. The highest BCUT2D eigenvalue weighted by Gasteiger charge is 2.23. The first-order valence-electron chi connectivity index (χ1n) is 6.13. The van der Waals surface area contributed by atoms with Gasteiger partial charge in [0.1, 0.15) is 17.9 Å². The van der Waals surface area contributed by atoms with Crippen LogP contribution in [-0.4, -0.2) is 30.4 Å². The minimum Gasteiger partial charge on any atom is -0.490 e. The third kappa shape index (κ3) is 4.02. The van der Waals surface area contributed by atoms with Gasteiger partial charge in [-0.25, -0.2) is 0 Å². The maximum absolute atomic E-state index is 9.13. The predicted molar refractivity (Wildman–Crippen MR) is 70.4 cm³/mol. The largest absolute Gasteiger partial charge is 0.490 e. The van der Waals surface area contributed by atoms with Gasteiger partial charge in [0.2, 0.25) is 0 Å². The maximum atomic E-state index is 9.13. The van der Waals surface area contributed by atoms with Crippen molar-refractivity contribution in [2.45, 2.75) is 25.8 Å². The Morgan fingerprint density at radius 3 is 2.78 bits per heavy atom. The molecule has 0 aromatic heterocycles. The van der Waals surface area contributed by atoms with Crippen LogP contribution in [0.25, 0.3) is 0 Å². The molecule has 4 nitrogen and oxygen atoms in total. The van der Waals surface area contributed by atoms with Gasteiger partial charge < -0.3 is 9.84 Å². The summed E-state index contributed by atoms with van der Waals surface area (Å²) in [7, 11) is 0. The molecule has 0 spiro atoms. The highest BCUT2D eigenvalue weighted by Crippen LogP contribution is 2.19. The number of benzene rings is 1. The van der Waals surface area contributed by atoms with Crippen molar-refractivity contribution in [3.8, 4) is 11.8 Å². The number of para-hydroxylation sites is 1. The van der Waals surface area contributed by atoms with Crippen molar-refractivity contribution >= 4 is 0 Å². The monoisotopic (exact) mass is 248 g/mol. The number of likely N-dealkylation sites (N-methyl/N-ethyl adjacent to an activating group) is 1. The van der Waals surface area contributed by atoms with Crippen LogP contribution in [0.1, 0.15) is 19.4 Å². The predicted octanol–water partition coefficient (Wildman–Crippen LogP) is 1.49. The van der Waals surface area contributed by atoms with E-state index in [0.717, 1.165) is 11.3 Å². The average Bonchev–Trinajstić information content (AvgIpc) is 2.38.